The predicted octanol–water partition coefficient (Wildman–Crippen LogP) is 7.57. The van der Waals surface area contributed by atoms with Crippen LogP contribution in [0.3, 0.4) is 0 Å². The third-order valence-electron chi connectivity index (χ3n) is 6.55. The number of carbonyl (C=O) groups excluding carboxylic acids is 2. The van der Waals surface area contributed by atoms with Crippen LogP contribution in [-0.2, 0) is 27.3 Å². The van der Waals surface area contributed by atoms with Crippen molar-refractivity contribution in [2.24, 2.45) is 0 Å². The first-order chi connectivity index (χ1) is 20.0. The molecular formula is C34H36N2O5. The molecule has 0 N–H and O–H groups in total. The van der Waals surface area contributed by atoms with Crippen LogP contribution in [0.15, 0.2) is 97.1 Å². The number of benzene rings is 4. The lowest BCUT2D eigenvalue weighted by molar-refractivity contribution is -0.153. The van der Waals surface area contributed by atoms with E-state index >= 15 is 0 Å². The van der Waals surface area contributed by atoms with E-state index in [0.29, 0.717) is 60.3 Å². The van der Waals surface area contributed by atoms with Gasteiger partial charge in [-0.3, -0.25) is 9.69 Å². The molecule has 4 aromatic carbocycles. The Kier molecular flexibility index (Phi) is 9.99. The van der Waals surface area contributed by atoms with Gasteiger partial charge in [-0.15, -0.1) is 0 Å². The standard InChI is InChI=1S/C34H36N2O5/c1-5-25-17-9-11-19-27(25)35(29-21-13-15-23-31(29)39-7-3)33(37)34(38)41-36(28-20-12-10-18-26(28)6-2)30-22-14-16-24-32(30)40-8-4/h9-24H,5-8H2,1-4H3. The number of rotatable bonds is 11. The van der Waals surface area contributed by atoms with Gasteiger partial charge in [0.1, 0.15) is 17.2 Å². The Bertz CT molecular complexity index is 1490. The maximum absolute atomic E-state index is 14.2. The van der Waals surface area contributed by atoms with E-state index in [4.69, 9.17) is 14.3 Å². The average Bonchev–Trinajstić information content (AvgIpc) is 3.01. The monoisotopic (exact) mass is 552 g/mol. The van der Waals surface area contributed by atoms with Crippen molar-refractivity contribution in [1.29, 1.82) is 0 Å². The summed E-state index contributed by atoms with van der Waals surface area (Å²) in [6, 6.07) is 29.6. The molecular weight excluding hydrogens is 516 g/mol. The molecule has 41 heavy (non-hydrogen) atoms. The highest BCUT2D eigenvalue weighted by molar-refractivity contribution is 6.40. The normalized spacial score (nSPS) is 10.5. The minimum atomic E-state index is -1.06. The molecule has 4 aromatic rings. The van der Waals surface area contributed by atoms with Crippen LogP contribution in [-0.4, -0.2) is 25.1 Å². The van der Waals surface area contributed by atoms with E-state index in [1.54, 1.807) is 30.3 Å². The molecule has 0 fully saturated rings. The van der Waals surface area contributed by atoms with E-state index in [0.717, 1.165) is 11.1 Å². The second kappa shape index (κ2) is 14.0. The SMILES string of the molecule is CCOc1ccccc1N(OC(=O)C(=O)N(c1ccccc1CC)c1ccccc1OCC)c1ccccc1CC. The van der Waals surface area contributed by atoms with Gasteiger partial charge >= 0.3 is 11.9 Å². The smallest absolute Gasteiger partial charge is 0.422 e. The van der Waals surface area contributed by atoms with Crippen molar-refractivity contribution in [3.63, 3.8) is 0 Å². The first-order valence-corrected chi connectivity index (χ1v) is 14.0. The summed E-state index contributed by atoms with van der Waals surface area (Å²) in [6.07, 6.45) is 1.34. The van der Waals surface area contributed by atoms with Gasteiger partial charge in [0.15, 0.2) is 0 Å². The van der Waals surface area contributed by atoms with Crippen LogP contribution in [0.5, 0.6) is 11.5 Å². The minimum absolute atomic E-state index is 0.398. The molecule has 0 unspecified atom stereocenters. The highest BCUT2D eigenvalue weighted by Gasteiger charge is 2.33. The van der Waals surface area contributed by atoms with Crippen molar-refractivity contribution in [2.75, 3.05) is 23.2 Å². The van der Waals surface area contributed by atoms with E-state index < -0.39 is 11.9 Å². The lowest BCUT2D eigenvalue weighted by Gasteiger charge is -2.29. The Hall–Kier alpha value is -4.78. The number of anilines is 4. The molecule has 0 atom stereocenters. The second-order valence-electron chi connectivity index (χ2n) is 9.08. The maximum atomic E-state index is 14.2. The molecule has 0 radical (unpaired) electrons. The van der Waals surface area contributed by atoms with Crippen molar-refractivity contribution < 1.29 is 23.9 Å². The lowest BCUT2D eigenvalue weighted by Crippen LogP contribution is -2.38. The van der Waals surface area contributed by atoms with Crippen LogP contribution < -0.4 is 19.4 Å². The van der Waals surface area contributed by atoms with Gasteiger partial charge in [-0.1, -0.05) is 74.5 Å². The van der Waals surface area contributed by atoms with Gasteiger partial charge in [-0.25, -0.2) is 4.79 Å². The summed E-state index contributed by atoms with van der Waals surface area (Å²) in [5, 5.41) is 1.39. The Labute approximate surface area is 241 Å². The quantitative estimate of drug-likeness (QED) is 0.141. The van der Waals surface area contributed by atoms with Gasteiger partial charge in [0.25, 0.3) is 0 Å². The molecule has 212 valence electrons. The van der Waals surface area contributed by atoms with E-state index in [2.05, 4.69) is 0 Å². The summed E-state index contributed by atoms with van der Waals surface area (Å²) < 4.78 is 11.7. The van der Waals surface area contributed by atoms with Crippen LogP contribution in [0.2, 0.25) is 0 Å². The fourth-order valence-electron chi connectivity index (χ4n) is 4.65. The summed E-state index contributed by atoms with van der Waals surface area (Å²) in [5.74, 6) is -0.904. The Morgan fingerprint density at radius 2 is 1.00 bits per heavy atom. The lowest BCUT2D eigenvalue weighted by atomic mass is 10.1. The number of hydrogen-bond acceptors (Lipinski definition) is 6. The molecule has 1 amide bonds. The molecule has 0 saturated carbocycles. The Balaban J connectivity index is 1.82. The van der Waals surface area contributed by atoms with Crippen LogP contribution in [0.1, 0.15) is 38.8 Å². The zero-order chi connectivity index (χ0) is 29.2. The van der Waals surface area contributed by atoms with Crippen molar-refractivity contribution in [3.05, 3.63) is 108 Å². The topological polar surface area (TPSA) is 68.3 Å². The fraction of sp³-hybridized carbons (Fsp3) is 0.235. The number of aryl methyl sites for hydroxylation is 2. The van der Waals surface area contributed by atoms with Gasteiger partial charge in [-0.05, 0) is 74.2 Å². The van der Waals surface area contributed by atoms with E-state index in [9.17, 15) is 9.59 Å². The zero-order valence-corrected chi connectivity index (χ0v) is 24.0. The van der Waals surface area contributed by atoms with Gasteiger partial charge < -0.3 is 14.3 Å². The van der Waals surface area contributed by atoms with Gasteiger partial charge in [-0.2, -0.15) is 5.06 Å². The molecule has 0 aromatic heterocycles. The molecule has 0 heterocycles. The van der Waals surface area contributed by atoms with Crippen LogP contribution in [0.25, 0.3) is 0 Å². The van der Waals surface area contributed by atoms with Crippen molar-refractivity contribution in [1.82, 2.24) is 0 Å². The van der Waals surface area contributed by atoms with Crippen LogP contribution >= 0.6 is 0 Å². The zero-order valence-electron chi connectivity index (χ0n) is 24.0. The largest absolute Gasteiger partial charge is 0.492 e. The highest BCUT2D eigenvalue weighted by atomic mass is 16.7. The number of nitrogens with zero attached hydrogens (tertiary/aromatic N) is 2. The third kappa shape index (κ3) is 6.52. The summed E-state index contributed by atoms with van der Waals surface area (Å²) in [4.78, 5) is 35.4. The first-order valence-electron chi connectivity index (χ1n) is 14.0. The minimum Gasteiger partial charge on any atom is -0.492 e. The molecule has 0 aliphatic heterocycles. The molecule has 7 nitrogen and oxygen atoms in total. The summed E-state index contributed by atoms with van der Waals surface area (Å²) >= 11 is 0. The Morgan fingerprint density at radius 1 is 0.561 bits per heavy atom. The maximum Gasteiger partial charge on any atom is 0.422 e. The van der Waals surface area contributed by atoms with Crippen molar-refractivity contribution >= 4 is 34.6 Å². The second-order valence-corrected chi connectivity index (χ2v) is 9.08. The van der Waals surface area contributed by atoms with Crippen molar-refractivity contribution in [3.8, 4) is 11.5 Å². The summed E-state index contributed by atoms with van der Waals surface area (Å²) in [5.41, 5.74) is 4.01. The molecule has 0 aliphatic carbocycles. The third-order valence-corrected chi connectivity index (χ3v) is 6.55. The van der Waals surface area contributed by atoms with E-state index in [1.807, 2.05) is 94.4 Å². The number of carbonyl (C=O) groups is 2. The fourth-order valence-corrected chi connectivity index (χ4v) is 4.65. The van der Waals surface area contributed by atoms with Crippen LogP contribution in [0.4, 0.5) is 22.7 Å². The predicted molar refractivity (Wildman–Crippen MR) is 162 cm³/mol. The summed E-state index contributed by atoms with van der Waals surface area (Å²) in [7, 11) is 0. The molecule has 0 aliphatic rings. The van der Waals surface area contributed by atoms with Gasteiger partial charge in [0, 0.05) is 0 Å². The number of ether oxygens (including phenoxy) is 2. The molecule has 0 spiro atoms. The van der Waals surface area contributed by atoms with E-state index in [-0.39, 0.29) is 0 Å². The first kappa shape index (κ1) is 29.2. The number of hydrogen-bond donors (Lipinski definition) is 0. The van der Waals surface area contributed by atoms with E-state index in [1.165, 1.54) is 9.96 Å². The highest BCUT2D eigenvalue weighted by Crippen LogP contribution is 2.38. The average molecular weight is 553 g/mol. The molecule has 0 saturated heterocycles. The Morgan fingerprint density at radius 3 is 1.56 bits per heavy atom. The van der Waals surface area contributed by atoms with Gasteiger partial charge in [0.05, 0.1) is 30.3 Å². The number of para-hydroxylation sites is 6. The molecule has 4 rings (SSSR count). The molecule has 7 heteroatoms. The van der Waals surface area contributed by atoms with Crippen LogP contribution in [0, 0.1) is 0 Å². The summed E-state index contributed by atoms with van der Waals surface area (Å²) in [6.45, 7) is 8.60. The van der Waals surface area contributed by atoms with Crippen molar-refractivity contribution in [2.45, 2.75) is 40.5 Å². The number of amides is 1. The molecule has 0 bridgehead atoms. The van der Waals surface area contributed by atoms with Gasteiger partial charge in [0.2, 0.25) is 0 Å².